The van der Waals surface area contributed by atoms with Gasteiger partial charge >= 0.3 is 0 Å². The molecule has 1 aromatic carbocycles. The largest absolute Gasteiger partial charge is 0.382 e. The Morgan fingerprint density at radius 3 is 2.58 bits per heavy atom. The fourth-order valence-electron chi connectivity index (χ4n) is 3.12. The smallest absolute Gasteiger partial charge is 0.191 e. The number of rotatable bonds is 7. The number of aryl methyl sites for hydroxylation is 4. The van der Waals surface area contributed by atoms with Gasteiger partial charge in [0.1, 0.15) is 22.5 Å². The normalized spacial score (nSPS) is 11.4. The van der Waals surface area contributed by atoms with Crippen molar-refractivity contribution in [2.75, 3.05) is 19.3 Å². The Morgan fingerprint density at radius 1 is 1.23 bits per heavy atom. The van der Waals surface area contributed by atoms with Crippen LogP contribution >= 0.6 is 11.3 Å². The van der Waals surface area contributed by atoms with Crippen molar-refractivity contribution in [3.63, 3.8) is 0 Å². The highest BCUT2D eigenvalue weighted by molar-refractivity contribution is 7.11. The van der Waals surface area contributed by atoms with E-state index in [1.165, 1.54) is 4.88 Å². The van der Waals surface area contributed by atoms with Gasteiger partial charge in [0, 0.05) is 18.5 Å². The van der Waals surface area contributed by atoms with Crippen LogP contribution in [0.25, 0.3) is 5.69 Å². The van der Waals surface area contributed by atoms with Crippen molar-refractivity contribution < 1.29 is 0 Å². The van der Waals surface area contributed by atoms with Gasteiger partial charge in [-0.1, -0.05) is 17.7 Å². The molecule has 0 bridgehead atoms. The quantitative estimate of drug-likeness (QED) is 0.298. The zero-order chi connectivity index (χ0) is 22.4. The molecule has 0 saturated carbocycles. The highest BCUT2D eigenvalue weighted by atomic mass is 32.1. The van der Waals surface area contributed by atoms with Crippen molar-refractivity contribution in [1.29, 1.82) is 5.26 Å². The minimum atomic E-state index is 0.376. The second-order valence-electron chi connectivity index (χ2n) is 7.27. The van der Waals surface area contributed by atoms with Crippen LogP contribution in [0.1, 0.15) is 38.8 Å². The van der Waals surface area contributed by atoms with E-state index >= 15 is 0 Å². The van der Waals surface area contributed by atoms with E-state index in [-0.39, 0.29) is 0 Å². The number of nitriles is 1. The summed E-state index contributed by atoms with van der Waals surface area (Å²) in [6, 6.07) is 10.1. The topological polar surface area (TPSA) is 117 Å². The molecule has 0 saturated heterocycles. The molecule has 3 rings (SSSR count). The number of anilines is 1. The Hall–Kier alpha value is -3.38. The van der Waals surface area contributed by atoms with Gasteiger partial charge in [-0.05, 0) is 45.7 Å². The predicted octanol–water partition coefficient (Wildman–Crippen LogP) is 3.01. The number of aromatic nitrogens is 3. The van der Waals surface area contributed by atoms with Crippen LogP contribution < -0.4 is 16.4 Å². The number of nitrogens with one attached hydrogen (secondary N) is 2. The van der Waals surface area contributed by atoms with Gasteiger partial charge in [0.05, 0.1) is 23.6 Å². The molecule has 0 fully saturated rings. The molecular weight excluding hydrogens is 408 g/mol. The van der Waals surface area contributed by atoms with Crippen LogP contribution in [0.4, 0.5) is 5.82 Å². The van der Waals surface area contributed by atoms with Crippen molar-refractivity contribution >= 4 is 23.1 Å². The third-order valence-electron chi connectivity index (χ3n) is 4.97. The molecule has 8 nitrogen and oxygen atoms in total. The molecule has 0 spiro atoms. The highest BCUT2D eigenvalue weighted by Gasteiger charge is 2.16. The summed E-state index contributed by atoms with van der Waals surface area (Å²) >= 11 is 1.69. The Bertz CT molecular complexity index is 1080. The van der Waals surface area contributed by atoms with Gasteiger partial charge in [-0.15, -0.1) is 11.3 Å². The summed E-state index contributed by atoms with van der Waals surface area (Å²) in [5, 5.41) is 21.8. The number of aliphatic imine (C=N–C) groups is 1. The van der Waals surface area contributed by atoms with E-state index in [1.54, 1.807) is 23.1 Å². The van der Waals surface area contributed by atoms with Crippen LogP contribution in [0, 0.1) is 32.1 Å². The first-order chi connectivity index (χ1) is 14.9. The zero-order valence-electron chi connectivity index (χ0n) is 18.4. The van der Waals surface area contributed by atoms with Crippen molar-refractivity contribution in [2.45, 2.75) is 40.2 Å². The summed E-state index contributed by atoms with van der Waals surface area (Å²) in [6.45, 7) is 7.45. The minimum absolute atomic E-state index is 0.376. The molecule has 0 aliphatic rings. The molecule has 2 heterocycles. The van der Waals surface area contributed by atoms with Crippen molar-refractivity contribution in [3.8, 4) is 11.8 Å². The molecule has 0 aliphatic carbocycles. The maximum atomic E-state index is 9.55. The monoisotopic (exact) mass is 436 g/mol. The Balaban J connectivity index is 1.55. The van der Waals surface area contributed by atoms with E-state index < -0.39 is 0 Å². The van der Waals surface area contributed by atoms with Gasteiger partial charge < -0.3 is 16.4 Å². The van der Waals surface area contributed by atoms with E-state index in [1.807, 2.05) is 38.1 Å². The average molecular weight is 437 g/mol. The number of hydrogen-bond donors (Lipinski definition) is 3. The lowest BCUT2D eigenvalue weighted by atomic mass is 10.1. The van der Waals surface area contributed by atoms with Crippen molar-refractivity contribution in [3.05, 3.63) is 56.7 Å². The second kappa shape index (κ2) is 10.1. The zero-order valence-corrected chi connectivity index (χ0v) is 19.2. The first-order valence-corrected chi connectivity index (χ1v) is 11.0. The molecule has 0 unspecified atom stereocenters. The van der Waals surface area contributed by atoms with Gasteiger partial charge in [0.25, 0.3) is 0 Å². The lowest BCUT2D eigenvalue weighted by Gasteiger charge is -2.10. The number of thiazole rings is 1. The predicted molar refractivity (Wildman–Crippen MR) is 126 cm³/mol. The highest BCUT2D eigenvalue weighted by Crippen LogP contribution is 2.21. The molecule has 9 heteroatoms. The van der Waals surface area contributed by atoms with E-state index in [4.69, 9.17) is 5.73 Å². The van der Waals surface area contributed by atoms with Gasteiger partial charge in [0.15, 0.2) is 5.96 Å². The van der Waals surface area contributed by atoms with E-state index in [0.717, 1.165) is 34.3 Å². The Labute approximate surface area is 186 Å². The molecule has 162 valence electrons. The maximum Gasteiger partial charge on any atom is 0.191 e. The van der Waals surface area contributed by atoms with Crippen LogP contribution in [-0.4, -0.2) is 34.3 Å². The van der Waals surface area contributed by atoms with E-state index in [0.29, 0.717) is 36.6 Å². The first kappa shape index (κ1) is 22.3. The molecule has 0 amide bonds. The first-order valence-electron chi connectivity index (χ1n) is 10.1. The molecule has 0 radical (unpaired) electrons. The van der Waals surface area contributed by atoms with Crippen LogP contribution in [0.15, 0.2) is 29.3 Å². The fraction of sp³-hybridized carbons (Fsp3) is 0.364. The third-order valence-corrected chi connectivity index (χ3v) is 6.04. The van der Waals surface area contributed by atoms with Crippen LogP contribution in [0.5, 0.6) is 0 Å². The van der Waals surface area contributed by atoms with Crippen LogP contribution in [0.3, 0.4) is 0 Å². The van der Waals surface area contributed by atoms with E-state index in [9.17, 15) is 5.26 Å². The molecule has 2 aromatic heterocycles. The van der Waals surface area contributed by atoms with Crippen LogP contribution in [0.2, 0.25) is 0 Å². The Kier molecular flexibility index (Phi) is 7.26. The van der Waals surface area contributed by atoms with Gasteiger partial charge in [0.2, 0.25) is 0 Å². The van der Waals surface area contributed by atoms with Gasteiger partial charge in [-0.3, -0.25) is 4.99 Å². The number of nitrogen functional groups attached to an aromatic ring is 1. The fourth-order valence-corrected chi connectivity index (χ4v) is 3.99. The number of guanidine groups is 1. The molecular formula is C22H28N8S. The SMILES string of the molecule is CN=C(NCCCc1nn(-c2ccc(C)cc2)c(N)c1C#N)NCc1nc(C)c(C)s1. The third kappa shape index (κ3) is 5.41. The van der Waals surface area contributed by atoms with Crippen molar-refractivity contribution in [2.24, 2.45) is 4.99 Å². The standard InChI is InChI=1S/C22H28N8S/c1-14-7-9-17(10-8-14)30-21(24)18(12-23)19(29-30)6-5-11-26-22(25-4)27-13-20-28-15(2)16(3)31-20/h7-10H,5-6,11,13,24H2,1-4H3,(H2,25,26,27). The molecule has 3 aromatic rings. The summed E-state index contributed by atoms with van der Waals surface area (Å²) < 4.78 is 1.64. The average Bonchev–Trinajstić information content (AvgIpc) is 3.25. The molecule has 4 N–H and O–H groups in total. The van der Waals surface area contributed by atoms with Gasteiger partial charge in [-0.2, -0.15) is 10.4 Å². The lowest BCUT2D eigenvalue weighted by Crippen LogP contribution is -2.37. The number of benzene rings is 1. The van der Waals surface area contributed by atoms with Gasteiger partial charge in [-0.25, -0.2) is 9.67 Å². The minimum Gasteiger partial charge on any atom is -0.382 e. The molecule has 0 aliphatic heterocycles. The molecule has 0 atom stereocenters. The van der Waals surface area contributed by atoms with E-state index in [2.05, 4.69) is 38.7 Å². The summed E-state index contributed by atoms with van der Waals surface area (Å²) in [7, 11) is 1.74. The second-order valence-corrected chi connectivity index (χ2v) is 8.56. The summed E-state index contributed by atoms with van der Waals surface area (Å²) in [4.78, 5) is 10.0. The van der Waals surface area contributed by atoms with Crippen molar-refractivity contribution in [1.82, 2.24) is 25.4 Å². The summed E-state index contributed by atoms with van der Waals surface area (Å²) in [5.41, 5.74) is 10.4. The van der Waals surface area contributed by atoms with Crippen LogP contribution in [-0.2, 0) is 13.0 Å². The lowest BCUT2D eigenvalue weighted by molar-refractivity contribution is 0.721. The number of nitrogens with two attached hydrogens (primary N) is 1. The Morgan fingerprint density at radius 2 is 1.97 bits per heavy atom. The number of nitrogens with zero attached hydrogens (tertiary/aromatic N) is 5. The summed E-state index contributed by atoms with van der Waals surface area (Å²) in [6.07, 6.45) is 1.43. The maximum absolute atomic E-state index is 9.55. The summed E-state index contributed by atoms with van der Waals surface area (Å²) in [5.74, 6) is 1.09. The number of hydrogen-bond acceptors (Lipinski definition) is 6. The molecule has 31 heavy (non-hydrogen) atoms.